The molecule has 0 saturated heterocycles. The summed E-state index contributed by atoms with van der Waals surface area (Å²) >= 11 is 0. The average molecular weight is 374 g/mol. The van der Waals surface area contributed by atoms with Crippen LogP contribution >= 0.6 is 0 Å². The van der Waals surface area contributed by atoms with Gasteiger partial charge in [-0.3, -0.25) is 4.79 Å². The third kappa shape index (κ3) is 11.1. The Bertz CT molecular complexity index is 678. The molecule has 1 N–H and O–H groups in total. The van der Waals surface area contributed by atoms with Gasteiger partial charge in [0.05, 0.1) is 18.1 Å². The first kappa shape index (κ1) is 23.9. The summed E-state index contributed by atoms with van der Waals surface area (Å²) in [7, 11) is 0. The average Bonchev–Trinajstić information content (AvgIpc) is 2.59. The predicted octanol–water partition coefficient (Wildman–Crippen LogP) is 4.38. The number of carboxylic acid groups (broad SMARTS) is 1. The van der Waals surface area contributed by atoms with E-state index in [-0.39, 0.29) is 17.8 Å². The lowest BCUT2D eigenvalue weighted by atomic mass is 9.87. The van der Waals surface area contributed by atoms with Gasteiger partial charge in [-0.05, 0) is 29.5 Å². The van der Waals surface area contributed by atoms with Gasteiger partial charge in [-0.1, -0.05) is 52.1 Å². The first-order chi connectivity index (χ1) is 12.6. The number of hydrogen-bond acceptors (Lipinski definition) is 5. The maximum atomic E-state index is 11.3. The largest absolute Gasteiger partial charge is 0.478 e. The van der Waals surface area contributed by atoms with Crippen molar-refractivity contribution in [3.8, 4) is 0 Å². The first-order valence-electron chi connectivity index (χ1n) is 8.24. The smallest absolute Gasteiger partial charge is 0.342 e. The number of benzene rings is 1. The molecular weight excluding hydrogens is 348 g/mol. The second-order valence-electron chi connectivity index (χ2n) is 6.34. The predicted molar refractivity (Wildman–Crippen MR) is 103 cm³/mol. The van der Waals surface area contributed by atoms with Crippen LogP contribution in [0.3, 0.4) is 0 Å². The van der Waals surface area contributed by atoms with Crippen LogP contribution < -0.4 is 0 Å². The zero-order chi connectivity index (χ0) is 20.9. The lowest BCUT2D eigenvalue weighted by Crippen LogP contribution is -2.11. The van der Waals surface area contributed by atoms with Crippen LogP contribution in [0.1, 0.15) is 49.5 Å². The van der Waals surface area contributed by atoms with E-state index >= 15 is 0 Å². The van der Waals surface area contributed by atoms with E-state index in [0.717, 1.165) is 18.6 Å². The maximum absolute atomic E-state index is 11.3. The van der Waals surface area contributed by atoms with E-state index in [0.29, 0.717) is 12.0 Å². The van der Waals surface area contributed by atoms with Crippen molar-refractivity contribution in [1.82, 2.24) is 0 Å². The van der Waals surface area contributed by atoms with E-state index in [9.17, 15) is 14.4 Å². The normalized spacial score (nSPS) is 10.3. The second kappa shape index (κ2) is 12.2. The molecule has 0 atom stereocenters. The molecule has 0 unspecified atom stereocenters. The third-order valence-corrected chi connectivity index (χ3v) is 3.17. The van der Waals surface area contributed by atoms with Crippen molar-refractivity contribution in [2.24, 2.45) is 0 Å². The Balaban J connectivity index is 0.000000516. The van der Waals surface area contributed by atoms with Gasteiger partial charge in [0.25, 0.3) is 0 Å². The van der Waals surface area contributed by atoms with Crippen LogP contribution in [-0.4, -0.2) is 23.0 Å². The van der Waals surface area contributed by atoms with Gasteiger partial charge in [0.1, 0.15) is 0 Å². The van der Waals surface area contributed by atoms with Crippen molar-refractivity contribution in [2.75, 3.05) is 0 Å². The van der Waals surface area contributed by atoms with E-state index in [4.69, 9.17) is 5.11 Å². The molecule has 0 aliphatic rings. The van der Waals surface area contributed by atoms with Gasteiger partial charge in [0, 0.05) is 12.5 Å². The van der Waals surface area contributed by atoms with Crippen LogP contribution in [0, 0.1) is 0 Å². The fraction of sp³-hybridized carbons (Fsp3) is 0.286. The van der Waals surface area contributed by atoms with Crippen LogP contribution in [0.2, 0.25) is 0 Å². The number of allylic oxidation sites excluding steroid dienone is 1. The molecule has 27 heavy (non-hydrogen) atoms. The zero-order valence-electron chi connectivity index (χ0n) is 15.9. The molecule has 0 heterocycles. The summed E-state index contributed by atoms with van der Waals surface area (Å²) in [5.41, 5.74) is 1.83. The molecule has 6 heteroatoms. The molecular formula is C21H26O6. The Morgan fingerprint density at radius 3 is 2.04 bits per heavy atom. The fourth-order valence-corrected chi connectivity index (χ4v) is 1.79. The van der Waals surface area contributed by atoms with Crippen molar-refractivity contribution in [2.45, 2.75) is 39.0 Å². The lowest BCUT2D eigenvalue weighted by molar-refractivity contribution is -0.138. The van der Waals surface area contributed by atoms with E-state index in [1.54, 1.807) is 12.1 Å². The molecule has 0 bridgehead atoms. The Labute approximate surface area is 159 Å². The molecule has 0 radical (unpaired) electrons. The summed E-state index contributed by atoms with van der Waals surface area (Å²) in [4.78, 5) is 31.9. The number of ether oxygens (including phenoxy) is 2. The van der Waals surface area contributed by atoms with Gasteiger partial charge >= 0.3 is 17.9 Å². The first-order valence-corrected chi connectivity index (χ1v) is 8.24. The number of aliphatic carboxylic acids is 1. The van der Waals surface area contributed by atoms with Gasteiger partial charge in [0.15, 0.2) is 0 Å². The van der Waals surface area contributed by atoms with E-state index in [1.807, 2.05) is 12.1 Å². The number of carbonyl (C=O) groups excluding carboxylic acids is 2. The number of rotatable bonds is 7. The second-order valence-corrected chi connectivity index (χ2v) is 6.34. The van der Waals surface area contributed by atoms with Gasteiger partial charge in [0.2, 0.25) is 0 Å². The highest BCUT2D eigenvalue weighted by Gasteiger charge is 2.14. The molecule has 1 rings (SSSR count). The highest BCUT2D eigenvalue weighted by Crippen LogP contribution is 2.22. The Kier molecular flexibility index (Phi) is 10.8. The number of carboxylic acids is 1. The summed E-state index contributed by atoms with van der Waals surface area (Å²) in [6.07, 6.45) is 5.09. The Morgan fingerprint density at radius 2 is 1.59 bits per heavy atom. The molecule has 0 fully saturated rings. The van der Waals surface area contributed by atoms with Crippen LogP contribution in [-0.2, 0) is 24.5 Å². The fourth-order valence-electron chi connectivity index (χ4n) is 1.79. The molecule has 0 aliphatic heterocycles. The van der Waals surface area contributed by atoms with Crippen molar-refractivity contribution >= 4 is 17.9 Å². The minimum absolute atomic E-state index is 0.0981. The van der Waals surface area contributed by atoms with Crippen molar-refractivity contribution in [3.63, 3.8) is 0 Å². The highest BCUT2D eigenvalue weighted by atomic mass is 16.5. The standard InChI is InChI=1S/C13H16O2.C8H10O4/c1-5-15-12(14)10-6-8-11(9-7-10)13(2,3)4;1-2-12-8(11)6-4-3-5-7(9)10/h5-9H,1H2,2-4H3;2-3,5H,1,4,6H2,(H,9,10)/b;5-3+. The minimum Gasteiger partial charge on any atom is -0.478 e. The summed E-state index contributed by atoms with van der Waals surface area (Å²) in [5.74, 6) is -1.81. The Morgan fingerprint density at radius 1 is 1.04 bits per heavy atom. The maximum Gasteiger partial charge on any atom is 0.342 e. The van der Waals surface area contributed by atoms with E-state index in [2.05, 4.69) is 43.4 Å². The van der Waals surface area contributed by atoms with Crippen LogP contribution in [0.4, 0.5) is 0 Å². The lowest BCUT2D eigenvalue weighted by Gasteiger charge is -2.18. The third-order valence-electron chi connectivity index (χ3n) is 3.17. The molecule has 0 spiro atoms. The van der Waals surface area contributed by atoms with Crippen LogP contribution in [0.25, 0.3) is 0 Å². The summed E-state index contributed by atoms with van der Waals surface area (Å²) in [6.45, 7) is 12.9. The molecule has 6 nitrogen and oxygen atoms in total. The molecule has 1 aromatic rings. The number of esters is 2. The summed E-state index contributed by atoms with van der Waals surface area (Å²) < 4.78 is 9.07. The quantitative estimate of drug-likeness (QED) is 0.433. The van der Waals surface area contributed by atoms with Gasteiger partial charge in [-0.15, -0.1) is 0 Å². The van der Waals surface area contributed by atoms with Crippen LogP contribution in [0.15, 0.2) is 62.1 Å². The molecule has 0 amide bonds. The number of carbonyl (C=O) groups is 3. The SMILES string of the molecule is C=COC(=O)CC/C=C/C(=O)O.C=COC(=O)c1ccc(C(C)(C)C)cc1. The van der Waals surface area contributed by atoms with E-state index < -0.39 is 11.9 Å². The van der Waals surface area contributed by atoms with E-state index in [1.165, 1.54) is 11.6 Å². The Hall–Kier alpha value is -3.15. The molecule has 0 aromatic heterocycles. The van der Waals surface area contributed by atoms with Crippen molar-refractivity contribution in [1.29, 1.82) is 0 Å². The van der Waals surface area contributed by atoms with Crippen molar-refractivity contribution in [3.05, 3.63) is 73.2 Å². The van der Waals surface area contributed by atoms with Gasteiger partial charge < -0.3 is 14.6 Å². The summed E-state index contributed by atoms with van der Waals surface area (Å²) in [5, 5.41) is 8.16. The topological polar surface area (TPSA) is 89.9 Å². The molecule has 0 aliphatic carbocycles. The zero-order valence-corrected chi connectivity index (χ0v) is 15.9. The highest BCUT2D eigenvalue weighted by molar-refractivity contribution is 5.89. The minimum atomic E-state index is -1.02. The number of hydrogen-bond donors (Lipinski definition) is 1. The van der Waals surface area contributed by atoms with Crippen LogP contribution in [0.5, 0.6) is 0 Å². The molecule has 1 aromatic carbocycles. The van der Waals surface area contributed by atoms with Gasteiger partial charge in [-0.2, -0.15) is 0 Å². The monoisotopic (exact) mass is 374 g/mol. The van der Waals surface area contributed by atoms with Gasteiger partial charge in [-0.25, -0.2) is 9.59 Å². The summed E-state index contributed by atoms with van der Waals surface area (Å²) in [6, 6.07) is 7.43. The molecule has 146 valence electrons. The molecule has 0 saturated carbocycles. The van der Waals surface area contributed by atoms with Crippen molar-refractivity contribution < 1.29 is 29.0 Å².